The first kappa shape index (κ1) is 11.0. The highest BCUT2D eigenvalue weighted by atomic mass is 31.2. The lowest BCUT2D eigenvalue weighted by Gasteiger charge is -2.13. The molecule has 0 atom stereocenters. The average Bonchev–Trinajstić information content (AvgIpc) is 1.88. The molecule has 0 heterocycles. The standard InChI is InChI=1S/C5H10F2O3P/c1-3-9-11(8,5(6)7)10-4-2/h3-4H2,1-2H3. The first-order valence-electron chi connectivity index (χ1n) is 3.14. The van der Waals surface area contributed by atoms with E-state index in [-0.39, 0.29) is 13.2 Å². The molecule has 0 spiro atoms. The molecule has 0 aliphatic rings. The van der Waals surface area contributed by atoms with Crippen LogP contribution in [0.25, 0.3) is 0 Å². The SMILES string of the molecule is CCOP([O])(OCC)=C(F)F. The van der Waals surface area contributed by atoms with Crippen molar-refractivity contribution in [2.75, 3.05) is 13.2 Å². The Kier molecular flexibility index (Phi) is 4.84. The summed E-state index contributed by atoms with van der Waals surface area (Å²) in [6.45, 7) is 2.81. The normalized spacial score (nSPS) is 11.7. The molecule has 0 saturated carbocycles. The number of rotatable bonds is 4. The quantitative estimate of drug-likeness (QED) is 0.633. The van der Waals surface area contributed by atoms with E-state index in [1.807, 2.05) is 0 Å². The van der Waals surface area contributed by atoms with E-state index < -0.39 is 13.4 Å². The predicted octanol–water partition coefficient (Wildman–Crippen LogP) is 2.28. The van der Waals surface area contributed by atoms with Crippen LogP contribution >= 0.6 is 7.57 Å². The van der Waals surface area contributed by atoms with Crippen molar-refractivity contribution in [3.8, 4) is 0 Å². The van der Waals surface area contributed by atoms with E-state index >= 15 is 0 Å². The molecule has 3 nitrogen and oxygen atoms in total. The van der Waals surface area contributed by atoms with Gasteiger partial charge >= 0.3 is 13.4 Å². The van der Waals surface area contributed by atoms with Gasteiger partial charge in [-0.3, -0.25) is 0 Å². The highest BCUT2D eigenvalue weighted by Gasteiger charge is 2.25. The van der Waals surface area contributed by atoms with Crippen LogP contribution in [0.1, 0.15) is 13.8 Å². The van der Waals surface area contributed by atoms with Crippen molar-refractivity contribution in [1.82, 2.24) is 0 Å². The molecule has 0 N–H and O–H groups in total. The second-order valence-electron chi connectivity index (χ2n) is 1.57. The monoisotopic (exact) mass is 187 g/mol. The molecule has 1 radical (unpaired) electrons. The van der Waals surface area contributed by atoms with Crippen LogP contribution in [-0.2, 0) is 13.9 Å². The molecular weight excluding hydrogens is 177 g/mol. The lowest BCUT2D eigenvalue weighted by molar-refractivity contribution is 0.182. The van der Waals surface area contributed by atoms with E-state index in [1.165, 1.54) is 13.8 Å². The van der Waals surface area contributed by atoms with Crippen LogP contribution in [0.3, 0.4) is 0 Å². The van der Waals surface area contributed by atoms with Crippen LogP contribution in [0.4, 0.5) is 8.78 Å². The van der Waals surface area contributed by atoms with Gasteiger partial charge in [-0.05, 0) is 13.8 Å². The largest absolute Gasteiger partial charge is 0.353 e. The van der Waals surface area contributed by atoms with Gasteiger partial charge in [0.05, 0.1) is 13.2 Å². The summed E-state index contributed by atoms with van der Waals surface area (Å²) in [7, 11) is -4.21. The molecule has 0 saturated heterocycles. The van der Waals surface area contributed by atoms with Crippen LogP contribution in [-0.4, -0.2) is 19.0 Å². The Morgan fingerprint density at radius 2 is 1.64 bits per heavy atom. The second kappa shape index (κ2) is 4.83. The van der Waals surface area contributed by atoms with E-state index in [1.54, 1.807) is 0 Å². The molecule has 11 heavy (non-hydrogen) atoms. The van der Waals surface area contributed by atoms with E-state index in [9.17, 15) is 13.7 Å². The van der Waals surface area contributed by atoms with Gasteiger partial charge < -0.3 is 9.05 Å². The minimum Gasteiger partial charge on any atom is -0.312 e. The van der Waals surface area contributed by atoms with Crippen molar-refractivity contribution in [3.05, 3.63) is 0 Å². The van der Waals surface area contributed by atoms with E-state index in [0.29, 0.717) is 0 Å². The van der Waals surface area contributed by atoms with Crippen LogP contribution in [0, 0.1) is 0 Å². The van der Waals surface area contributed by atoms with Crippen molar-refractivity contribution in [3.63, 3.8) is 0 Å². The summed E-state index contributed by atoms with van der Waals surface area (Å²) in [6.07, 6.45) is 0. The maximum atomic E-state index is 11.9. The van der Waals surface area contributed by atoms with Crippen molar-refractivity contribution in [2.24, 2.45) is 0 Å². The smallest absolute Gasteiger partial charge is 0.312 e. The summed E-state index contributed by atoms with van der Waals surface area (Å²) < 4.78 is 32.3. The van der Waals surface area contributed by atoms with Gasteiger partial charge in [0, 0.05) is 0 Å². The lowest BCUT2D eigenvalue weighted by Crippen LogP contribution is -1.98. The fourth-order valence-corrected chi connectivity index (χ4v) is 1.42. The summed E-state index contributed by atoms with van der Waals surface area (Å²) in [6, 6.07) is 0. The van der Waals surface area contributed by atoms with Gasteiger partial charge in [0.15, 0.2) is 0 Å². The van der Waals surface area contributed by atoms with Gasteiger partial charge in [-0.25, -0.2) is 0 Å². The Labute approximate surface area is 64.2 Å². The van der Waals surface area contributed by atoms with Crippen molar-refractivity contribution in [2.45, 2.75) is 13.8 Å². The summed E-state index contributed by atoms with van der Waals surface area (Å²) in [4.78, 5) is 10.9. The maximum absolute atomic E-state index is 11.9. The Hall–Kier alpha value is 0.0400. The molecule has 0 aromatic heterocycles. The Bertz CT molecular complexity index is 157. The molecule has 0 fully saturated rings. The van der Waals surface area contributed by atoms with Gasteiger partial charge in [-0.15, -0.1) is 4.89 Å². The summed E-state index contributed by atoms with van der Waals surface area (Å²) >= 11 is 0. The minimum absolute atomic E-state index is 0.0609. The molecule has 0 unspecified atom stereocenters. The van der Waals surface area contributed by atoms with Crippen molar-refractivity contribution < 1.29 is 22.7 Å². The minimum atomic E-state index is -4.21. The van der Waals surface area contributed by atoms with E-state index in [4.69, 9.17) is 0 Å². The molecule has 0 rings (SSSR count). The summed E-state index contributed by atoms with van der Waals surface area (Å²) in [5, 5.41) is 0. The molecule has 0 aromatic carbocycles. The highest BCUT2D eigenvalue weighted by molar-refractivity contribution is 7.60. The lowest BCUT2D eigenvalue weighted by atomic mass is 10.9. The fraction of sp³-hybridized carbons (Fsp3) is 0.800. The Balaban J connectivity index is 4.40. The fourth-order valence-electron chi connectivity index (χ4n) is 0.475. The average molecular weight is 187 g/mol. The summed E-state index contributed by atoms with van der Waals surface area (Å²) in [5.41, 5.74) is 0. The second-order valence-corrected chi connectivity index (χ2v) is 3.42. The molecule has 0 aliphatic heterocycles. The Morgan fingerprint density at radius 3 is 1.82 bits per heavy atom. The molecule has 0 bridgehead atoms. The zero-order valence-corrected chi connectivity index (χ0v) is 7.24. The van der Waals surface area contributed by atoms with Crippen molar-refractivity contribution in [1.29, 1.82) is 0 Å². The van der Waals surface area contributed by atoms with Gasteiger partial charge in [0.1, 0.15) is 0 Å². The number of halogens is 2. The zero-order chi connectivity index (χ0) is 8.91. The first-order chi connectivity index (χ1) is 5.06. The molecule has 0 amide bonds. The van der Waals surface area contributed by atoms with Gasteiger partial charge in [0.25, 0.3) is 0 Å². The molecule has 0 aliphatic carbocycles. The number of hydrogen-bond acceptors (Lipinski definition) is 2. The van der Waals surface area contributed by atoms with Gasteiger partial charge in [0.2, 0.25) is 0 Å². The molecule has 0 aromatic rings. The van der Waals surface area contributed by atoms with Crippen LogP contribution in [0.15, 0.2) is 0 Å². The van der Waals surface area contributed by atoms with Gasteiger partial charge in [-0.2, -0.15) is 8.78 Å². The predicted molar refractivity (Wildman–Crippen MR) is 38.1 cm³/mol. The highest BCUT2D eigenvalue weighted by Crippen LogP contribution is 2.48. The number of hydrogen-bond donors (Lipinski definition) is 0. The third kappa shape index (κ3) is 3.29. The molecule has 6 heteroatoms. The van der Waals surface area contributed by atoms with Gasteiger partial charge in [-0.1, -0.05) is 0 Å². The van der Waals surface area contributed by atoms with Crippen molar-refractivity contribution >= 4 is 13.4 Å². The molecule has 67 valence electrons. The molecular formula is C5H10F2O3P. The topological polar surface area (TPSA) is 38.4 Å². The third-order valence-corrected chi connectivity index (χ3v) is 2.42. The zero-order valence-electron chi connectivity index (χ0n) is 6.34. The summed E-state index contributed by atoms with van der Waals surface area (Å²) in [5.74, 6) is -2.29. The maximum Gasteiger partial charge on any atom is 0.353 e. The van der Waals surface area contributed by atoms with Crippen LogP contribution in [0.5, 0.6) is 0 Å². The first-order valence-corrected chi connectivity index (χ1v) is 4.68. The van der Waals surface area contributed by atoms with E-state index in [0.717, 1.165) is 0 Å². The van der Waals surface area contributed by atoms with Crippen LogP contribution in [0.2, 0.25) is 0 Å². The third-order valence-electron chi connectivity index (χ3n) is 0.805. The Morgan fingerprint density at radius 1 is 1.27 bits per heavy atom. The van der Waals surface area contributed by atoms with Crippen LogP contribution < -0.4 is 0 Å². The van der Waals surface area contributed by atoms with E-state index in [2.05, 4.69) is 9.05 Å².